The molecule has 11 heteroatoms. The highest BCUT2D eigenvalue weighted by molar-refractivity contribution is 7.89. The Kier molecular flexibility index (Phi) is 8.60. The Morgan fingerprint density at radius 3 is 2.31 bits per heavy atom. The molecular formula is C31H34N4O6S. The number of pyridine rings is 1. The van der Waals surface area contributed by atoms with E-state index in [0.29, 0.717) is 42.5 Å². The first-order valence-corrected chi connectivity index (χ1v) is 15.2. The molecule has 42 heavy (non-hydrogen) atoms. The van der Waals surface area contributed by atoms with Crippen molar-refractivity contribution in [3.05, 3.63) is 102 Å². The second-order valence-corrected chi connectivity index (χ2v) is 12.4. The van der Waals surface area contributed by atoms with Gasteiger partial charge < -0.3 is 19.7 Å². The van der Waals surface area contributed by atoms with Crippen molar-refractivity contribution in [3.63, 3.8) is 0 Å². The fourth-order valence-electron chi connectivity index (χ4n) is 5.22. The Hall–Kier alpha value is -4.22. The maximum absolute atomic E-state index is 13.7. The van der Waals surface area contributed by atoms with Crippen LogP contribution in [0.5, 0.6) is 5.75 Å². The van der Waals surface area contributed by atoms with E-state index in [1.165, 1.54) is 16.4 Å². The van der Waals surface area contributed by atoms with Crippen LogP contribution in [0.15, 0.2) is 90.2 Å². The summed E-state index contributed by atoms with van der Waals surface area (Å²) >= 11 is 0. The summed E-state index contributed by atoms with van der Waals surface area (Å²) in [5, 5.41) is 3.06. The van der Waals surface area contributed by atoms with Crippen LogP contribution in [0.25, 0.3) is 0 Å². The molecule has 1 N–H and O–H groups in total. The van der Waals surface area contributed by atoms with E-state index in [4.69, 9.17) is 9.47 Å². The van der Waals surface area contributed by atoms with E-state index < -0.39 is 16.1 Å². The lowest BCUT2D eigenvalue weighted by Crippen LogP contribution is -2.37. The van der Waals surface area contributed by atoms with Crippen molar-refractivity contribution < 1.29 is 27.5 Å². The van der Waals surface area contributed by atoms with E-state index in [2.05, 4.69) is 16.9 Å². The molecule has 2 aliphatic rings. The first-order valence-electron chi connectivity index (χ1n) is 13.8. The second kappa shape index (κ2) is 12.3. The predicted molar refractivity (Wildman–Crippen MR) is 156 cm³/mol. The molecular weight excluding hydrogens is 556 g/mol. The van der Waals surface area contributed by atoms with E-state index in [9.17, 15) is 18.0 Å². The van der Waals surface area contributed by atoms with Gasteiger partial charge in [-0.25, -0.2) is 13.2 Å². The average Bonchev–Trinajstić information content (AvgIpc) is 3.39. The highest BCUT2D eigenvalue weighted by Crippen LogP contribution is 2.45. The molecule has 1 aromatic heterocycles. The van der Waals surface area contributed by atoms with E-state index in [-0.39, 0.29) is 41.8 Å². The molecule has 5 rings (SSSR count). The predicted octanol–water partition coefficient (Wildman–Crippen LogP) is 4.20. The summed E-state index contributed by atoms with van der Waals surface area (Å²) in [7, 11) is -3.87. The number of ether oxygens (including phenoxy) is 2. The number of carbonyl (C=O) groups excluding carboxylic acids is 2. The molecule has 2 heterocycles. The van der Waals surface area contributed by atoms with Gasteiger partial charge in [-0.15, -0.1) is 0 Å². The van der Waals surface area contributed by atoms with Crippen molar-refractivity contribution in [3.8, 4) is 5.75 Å². The minimum Gasteiger partial charge on any atom is -0.494 e. The lowest BCUT2D eigenvalue weighted by atomic mass is 10.1. The molecule has 0 bridgehead atoms. The van der Waals surface area contributed by atoms with Crippen LogP contribution in [0.1, 0.15) is 35.5 Å². The minimum absolute atomic E-state index is 0.0131. The highest BCUT2D eigenvalue weighted by atomic mass is 32.2. The Labute approximate surface area is 246 Å². The van der Waals surface area contributed by atoms with Gasteiger partial charge >= 0.3 is 6.09 Å². The van der Waals surface area contributed by atoms with Gasteiger partial charge in [-0.2, -0.15) is 4.31 Å². The Balaban J connectivity index is 1.24. The number of benzene rings is 2. The number of aromatic nitrogens is 1. The number of nitrogens with zero attached hydrogens (tertiary/aromatic N) is 3. The summed E-state index contributed by atoms with van der Waals surface area (Å²) in [5.41, 5.74) is 1.82. The highest BCUT2D eigenvalue weighted by Gasteiger charge is 2.57. The standard InChI is InChI=1S/C31H34N4O6S/c1-4-40-25-12-14-26(15-13-25)42(38,39)35(18-24-7-5-6-16-32-24)17-22-8-10-23(11-9-22)30(36)33-29-27-19-34(20-28(27)29)31(37)41-21(2)3/h5-16,27-29H,2,4,17-20H2,1,3H3,(H,33,36)/t27-,28+,29?. The minimum atomic E-state index is -3.87. The first-order chi connectivity index (χ1) is 20.2. The van der Waals surface area contributed by atoms with Gasteiger partial charge in [0.1, 0.15) is 5.75 Å². The smallest absolute Gasteiger partial charge is 0.414 e. The summed E-state index contributed by atoms with van der Waals surface area (Å²) in [4.78, 5) is 31.1. The van der Waals surface area contributed by atoms with Crippen molar-refractivity contribution in [2.75, 3.05) is 19.7 Å². The lowest BCUT2D eigenvalue weighted by Gasteiger charge is -2.22. The normalized spacial score (nSPS) is 19.2. The topological polar surface area (TPSA) is 118 Å². The van der Waals surface area contributed by atoms with Crippen LogP contribution in [0, 0.1) is 11.8 Å². The van der Waals surface area contributed by atoms with Crippen LogP contribution in [0.3, 0.4) is 0 Å². The fourth-order valence-corrected chi connectivity index (χ4v) is 6.62. The fraction of sp³-hybridized carbons (Fsp3) is 0.323. The molecule has 2 fully saturated rings. The molecule has 0 radical (unpaired) electrons. The number of sulfonamides is 1. The van der Waals surface area contributed by atoms with Gasteiger partial charge in [0, 0.05) is 49.3 Å². The lowest BCUT2D eigenvalue weighted by molar-refractivity contribution is 0.0942. The van der Waals surface area contributed by atoms with Crippen LogP contribution in [0.4, 0.5) is 4.79 Å². The number of carbonyl (C=O) groups is 2. The molecule has 0 spiro atoms. The van der Waals surface area contributed by atoms with Gasteiger partial charge in [0.05, 0.1) is 29.5 Å². The summed E-state index contributed by atoms with van der Waals surface area (Å²) in [5.74, 6) is 1.16. The van der Waals surface area contributed by atoms with Gasteiger partial charge in [-0.3, -0.25) is 9.78 Å². The Morgan fingerprint density at radius 2 is 1.71 bits per heavy atom. The Bertz CT molecular complexity index is 1530. The van der Waals surface area contributed by atoms with Gasteiger partial charge in [0.15, 0.2) is 0 Å². The third kappa shape index (κ3) is 6.63. The zero-order chi connectivity index (χ0) is 29.9. The van der Waals surface area contributed by atoms with Crippen LogP contribution < -0.4 is 10.1 Å². The third-order valence-electron chi connectivity index (χ3n) is 7.42. The molecule has 1 unspecified atom stereocenters. The van der Waals surface area contributed by atoms with Crippen molar-refractivity contribution in [2.24, 2.45) is 11.8 Å². The number of amides is 2. The van der Waals surface area contributed by atoms with E-state index in [1.54, 1.807) is 66.6 Å². The largest absolute Gasteiger partial charge is 0.494 e. The SMILES string of the molecule is C=C(C)OC(=O)N1C[C@@H]2C(NC(=O)c3ccc(CN(Cc4ccccn4)S(=O)(=O)c4ccc(OCC)cc4)cc3)[C@@H]2C1. The van der Waals surface area contributed by atoms with Crippen molar-refractivity contribution in [1.82, 2.24) is 19.5 Å². The molecule has 1 saturated carbocycles. The zero-order valence-electron chi connectivity index (χ0n) is 23.6. The third-order valence-corrected chi connectivity index (χ3v) is 9.23. The van der Waals surface area contributed by atoms with Crippen molar-refractivity contribution >= 4 is 22.0 Å². The van der Waals surface area contributed by atoms with E-state index >= 15 is 0 Å². The maximum Gasteiger partial charge on any atom is 0.414 e. The summed E-state index contributed by atoms with van der Waals surface area (Å²) in [6, 6.07) is 18.7. The van der Waals surface area contributed by atoms with Crippen LogP contribution in [0.2, 0.25) is 0 Å². The number of likely N-dealkylation sites (tertiary alicyclic amines) is 1. The molecule has 1 aliphatic heterocycles. The zero-order valence-corrected chi connectivity index (χ0v) is 24.4. The molecule has 2 amide bonds. The maximum atomic E-state index is 13.7. The monoisotopic (exact) mass is 590 g/mol. The molecule has 3 atom stereocenters. The van der Waals surface area contributed by atoms with Crippen LogP contribution >= 0.6 is 0 Å². The Morgan fingerprint density at radius 1 is 1.02 bits per heavy atom. The number of hydrogen-bond acceptors (Lipinski definition) is 7. The van der Waals surface area contributed by atoms with Gasteiger partial charge in [0.25, 0.3) is 5.91 Å². The summed E-state index contributed by atoms with van der Waals surface area (Å²) in [6.45, 7) is 8.82. The molecule has 1 aliphatic carbocycles. The quantitative estimate of drug-likeness (QED) is 0.333. The van der Waals surface area contributed by atoms with Crippen LogP contribution in [-0.2, 0) is 27.8 Å². The number of rotatable bonds is 11. The molecule has 2 aromatic carbocycles. The average molecular weight is 591 g/mol. The number of fused-ring (bicyclic) bond motifs is 1. The second-order valence-electron chi connectivity index (χ2n) is 10.5. The van der Waals surface area contributed by atoms with Crippen molar-refractivity contribution in [2.45, 2.75) is 37.9 Å². The number of hydrogen-bond donors (Lipinski definition) is 1. The summed E-state index contributed by atoms with van der Waals surface area (Å²) < 4.78 is 39.3. The molecule has 3 aromatic rings. The van der Waals surface area contributed by atoms with E-state index in [0.717, 1.165) is 5.56 Å². The number of nitrogens with one attached hydrogen (secondary N) is 1. The molecule has 10 nitrogen and oxygen atoms in total. The van der Waals surface area contributed by atoms with Gasteiger partial charge in [-0.1, -0.05) is 24.8 Å². The van der Waals surface area contributed by atoms with Crippen molar-refractivity contribution in [1.29, 1.82) is 0 Å². The number of piperidine rings is 1. The van der Waals surface area contributed by atoms with Crippen LogP contribution in [-0.4, -0.2) is 60.3 Å². The number of allylic oxidation sites excluding steroid dienone is 1. The molecule has 1 saturated heterocycles. The summed E-state index contributed by atoms with van der Waals surface area (Å²) in [6.07, 6.45) is 1.22. The molecule has 220 valence electrons. The van der Waals surface area contributed by atoms with Gasteiger partial charge in [-0.05, 0) is 67.9 Å². The first kappa shape index (κ1) is 29.3. The van der Waals surface area contributed by atoms with E-state index in [1.807, 2.05) is 13.0 Å². The van der Waals surface area contributed by atoms with Gasteiger partial charge in [0.2, 0.25) is 10.0 Å².